The molecule has 0 radical (unpaired) electrons. The molecule has 1 aromatic rings. The number of alkyl halides is 1. The predicted molar refractivity (Wildman–Crippen MR) is 289 cm³/mol. The standard InChI is InChI=1S/C53H60Cl2N8O16S/c1-19(2)10-29(57-3)47(71)61-42-44(68)21-5-8-33(27(54)12-21)78-35-14-23-15-36(46(35)70)79-34-9-6-22(13-28(34)55)45(69)43-51(75)60-41(53(76)77)26-16-24(64)17-32(66)38(26)25-11-20(4-7-31(25)65)39(49(73)62-43)63-52(80)40(23)59-48(72)30(18-37(56)67)58-50(42)74/h4,6-7,9,12,14-16,19,24-25,28-30,39-45,57,64-66,68-70H,5,8,10-11,13,17-18H2,1-3H3,(H2,56,67)(H,58,74)(H,59,72)(H,60,75)(H,61,71)(H,62,73)(H,63,80)(H,76,77)/t24?,25?,28?,29-,30?,39-,40-,41+,42-,43+,44-,45-/m1/s1. The van der Waals surface area contributed by atoms with Crippen LogP contribution >= 0.6 is 35.4 Å². The van der Waals surface area contributed by atoms with E-state index in [0.717, 1.165) is 6.08 Å². The second-order valence-electron chi connectivity index (χ2n) is 20.6. The zero-order valence-corrected chi connectivity index (χ0v) is 45.4. The number of likely N-dealkylation sites (N-methyl/N-ethyl adjacent to an activating group) is 1. The predicted octanol–water partition coefficient (Wildman–Crippen LogP) is 0.772. The Labute approximate surface area is 472 Å². The summed E-state index contributed by atoms with van der Waals surface area (Å²) >= 11 is 19.9. The summed E-state index contributed by atoms with van der Waals surface area (Å²) in [5, 5.41) is 97.5. The summed E-state index contributed by atoms with van der Waals surface area (Å²) in [5.74, 6) is -11.9. The molecule has 1 fully saturated rings. The lowest BCUT2D eigenvalue weighted by Crippen LogP contribution is -2.62. The zero-order chi connectivity index (χ0) is 58.2. The first-order valence-electron chi connectivity index (χ1n) is 25.5. The van der Waals surface area contributed by atoms with Crippen LogP contribution in [0.25, 0.3) is 0 Å². The highest BCUT2D eigenvalue weighted by molar-refractivity contribution is 7.80. The third-order valence-electron chi connectivity index (χ3n) is 14.5. The van der Waals surface area contributed by atoms with E-state index in [1.807, 2.05) is 13.8 Å². The Bertz CT molecular complexity index is 3080. The molecule has 16 N–H and O–H groups in total. The summed E-state index contributed by atoms with van der Waals surface area (Å²) in [6.07, 6.45) is 0.521. The lowest BCUT2D eigenvalue weighted by Gasteiger charge is -2.37. The van der Waals surface area contributed by atoms with Gasteiger partial charge in [-0.1, -0.05) is 49.8 Å². The number of phenolic OH excluding ortho intramolecular Hbond substituents is 1. The van der Waals surface area contributed by atoms with E-state index in [0.29, 0.717) is 6.42 Å². The summed E-state index contributed by atoms with van der Waals surface area (Å²) < 4.78 is 12.6. The summed E-state index contributed by atoms with van der Waals surface area (Å²) in [5.41, 5.74) is 5.32. The van der Waals surface area contributed by atoms with E-state index >= 15 is 4.79 Å². The van der Waals surface area contributed by atoms with Gasteiger partial charge in [0.2, 0.25) is 41.2 Å². The third kappa shape index (κ3) is 12.5. The molecule has 11 bridgehead atoms. The molecular weight excluding hydrogens is 1110 g/mol. The number of primary amides is 1. The number of hydrogen-bond donors (Lipinski definition) is 15. The van der Waals surface area contributed by atoms with E-state index in [1.54, 1.807) is 0 Å². The Morgan fingerprint density at radius 3 is 2.17 bits per heavy atom. The summed E-state index contributed by atoms with van der Waals surface area (Å²) in [7, 11) is 1.53. The van der Waals surface area contributed by atoms with Crippen LogP contribution < -0.4 is 52.4 Å². The van der Waals surface area contributed by atoms with Gasteiger partial charge in [0.15, 0.2) is 17.5 Å². The van der Waals surface area contributed by atoms with Crippen molar-refractivity contribution in [3.05, 3.63) is 110 Å². The molecule has 5 aliphatic heterocycles. The van der Waals surface area contributed by atoms with Crippen LogP contribution in [0, 0.1) is 11.8 Å². The Morgan fingerprint density at radius 1 is 0.825 bits per heavy atom. The van der Waals surface area contributed by atoms with E-state index in [1.165, 1.54) is 49.6 Å². The van der Waals surface area contributed by atoms with Gasteiger partial charge < -0.3 is 88.2 Å². The van der Waals surface area contributed by atoms with Crippen molar-refractivity contribution in [1.29, 1.82) is 0 Å². The molecule has 5 heterocycles. The monoisotopic (exact) mass is 1170 g/mol. The van der Waals surface area contributed by atoms with Crippen LogP contribution in [-0.4, -0.2) is 149 Å². The van der Waals surface area contributed by atoms with Gasteiger partial charge in [-0.2, -0.15) is 0 Å². The third-order valence-corrected chi connectivity index (χ3v) is 15.6. The number of benzene rings is 1. The van der Waals surface area contributed by atoms with Gasteiger partial charge in [-0.3, -0.25) is 28.8 Å². The first-order chi connectivity index (χ1) is 37.8. The van der Waals surface area contributed by atoms with Crippen molar-refractivity contribution in [2.24, 2.45) is 17.6 Å². The second kappa shape index (κ2) is 24.2. The highest BCUT2D eigenvalue weighted by Gasteiger charge is 2.45. The Balaban J connectivity index is 1.32. The van der Waals surface area contributed by atoms with E-state index in [4.69, 9.17) is 50.6 Å². The number of nitrogens with two attached hydrogens (primary N) is 1. The number of fused-ring (bicyclic) bond motifs is 15. The average molecular weight is 1170 g/mol. The van der Waals surface area contributed by atoms with Crippen molar-refractivity contribution in [3.63, 3.8) is 0 Å². The molecule has 10 rings (SSSR count). The first-order valence-corrected chi connectivity index (χ1v) is 26.7. The minimum Gasteiger partial charge on any atom is -0.512 e. The molecule has 80 heavy (non-hydrogen) atoms. The number of carboxylic acids is 1. The number of carboxylic acid groups (broad SMARTS) is 1. The van der Waals surface area contributed by atoms with E-state index in [2.05, 4.69) is 37.2 Å². The smallest absolute Gasteiger partial charge is 0.330 e. The Kier molecular flexibility index (Phi) is 17.8. The minimum absolute atomic E-state index is 0.000170. The van der Waals surface area contributed by atoms with Crippen LogP contribution in [-0.2, 0) is 33.6 Å². The fraction of sp³-hybridized carbons (Fsp3) is 0.434. The molecule has 0 spiro atoms. The normalized spacial score (nSPS) is 29.7. The molecule has 428 valence electrons. The number of hydrogen-bond acceptors (Lipinski definition) is 17. The van der Waals surface area contributed by atoms with Crippen LogP contribution in [0.2, 0.25) is 0 Å². The number of thiocarbonyl (C=S) groups is 1. The fourth-order valence-electron chi connectivity index (χ4n) is 10.5. The molecule has 4 aliphatic carbocycles. The maximum atomic E-state index is 15.1. The number of aliphatic hydroxyl groups excluding tert-OH is 5. The largest absolute Gasteiger partial charge is 0.512 e. The molecule has 1 saturated heterocycles. The lowest BCUT2D eigenvalue weighted by molar-refractivity contribution is -0.141. The van der Waals surface area contributed by atoms with Gasteiger partial charge in [-0.15, -0.1) is 11.6 Å². The Morgan fingerprint density at radius 2 is 1.52 bits per heavy atom. The van der Waals surface area contributed by atoms with Crippen molar-refractivity contribution in [2.75, 3.05) is 7.05 Å². The number of ether oxygens (including phenoxy) is 2. The number of allylic oxidation sites excluding steroid dienone is 9. The second-order valence-corrected chi connectivity index (χ2v) is 22.0. The number of aliphatic hydroxyl groups is 5. The molecule has 1 aromatic carbocycles. The number of rotatable bonds is 8. The van der Waals surface area contributed by atoms with Gasteiger partial charge in [0.25, 0.3) is 0 Å². The van der Waals surface area contributed by atoms with Crippen molar-refractivity contribution in [3.8, 4) is 17.2 Å². The number of aromatic hydroxyl groups is 1. The molecule has 6 amide bonds. The molecule has 27 heteroatoms. The first kappa shape index (κ1) is 58.9. The number of aliphatic carboxylic acids is 1. The average Bonchev–Trinajstić information content (AvgIpc) is 3.39. The quantitative estimate of drug-likeness (QED) is 0.126. The van der Waals surface area contributed by atoms with Gasteiger partial charge in [0.05, 0.1) is 34.7 Å². The summed E-state index contributed by atoms with van der Waals surface area (Å²) in [4.78, 5) is 98.4. The van der Waals surface area contributed by atoms with E-state index in [9.17, 15) is 64.5 Å². The fourth-order valence-corrected chi connectivity index (χ4v) is 11.3. The maximum Gasteiger partial charge on any atom is 0.330 e. The van der Waals surface area contributed by atoms with Crippen molar-refractivity contribution in [2.45, 2.75) is 125 Å². The molecule has 9 aliphatic rings. The molecule has 4 unspecified atom stereocenters. The summed E-state index contributed by atoms with van der Waals surface area (Å²) in [6.45, 7) is 3.74. The van der Waals surface area contributed by atoms with Gasteiger partial charge in [0.1, 0.15) is 64.7 Å². The van der Waals surface area contributed by atoms with Crippen LogP contribution in [0.4, 0.5) is 0 Å². The number of amides is 6. The van der Waals surface area contributed by atoms with Crippen LogP contribution in [0.15, 0.2) is 105 Å². The van der Waals surface area contributed by atoms with E-state index in [-0.39, 0.29) is 93.1 Å². The molecule has 24 nitrogen and oxygen atoms in total. The van der Waals surface area contributed by atoms with Crippen LogP contribution in [0.3, 0.4) is 0 Å². The van der Waals surface area contributed by atoms with Gasteiger partial charge >= 0.3 is 5.97 Å². The minimum atomic E-state index is -2.04. The lowest BCUT2D eigenvalue weighted by atomic mass is 9.75. The topological polar surface area (TPSA) is 390 Å². The highest BCUT2D eigenvalue weighted by Crippen LogP contribution is 2.45. The van der Waals surface area contributed by atoms with Gasteiger partial charge in [0, 0.05) is 24.3 Å². The number of phenols is 1. The van der Waals surface area contributed by atoms with Crippen molar-refractivity contribution in [1.82, 2.24) is 37.2 Å². The highest BCUT2D eigenvalue weighted by atomic mass is 35.5. The van der Waals surface area contributed by atoms with Gasteiger partial charge in [-0.25, -0.2) is 4.79 Å². The van der Waals surface area contributed by atoms with Crippen molar-refractivity contribution >= 4 is 81.8 Å². The number of carbonyl (C=O) groups excluding carboxylic acids is 6. The number of nitrogens with one attached hydrogen (secondary N) is 7. The number of halogens is 2. The van der Waals surface area contributed by atoms with Crippen molar-refractivity contribution < 1.29 is 78.8 Å². The summed E-state index contributed by atoms with van der Waals surface area (Å²) in [6, 6.07) is -9.65. The number of carbonyl (C=O) groups is 7. The molecular formula is C53H60Cl2N8O16S. The van der Waals surface area contributed by atoms with E-state index < -0.39 is 148 Å². The molecule has 12 atom stereocenters. The SMILES string of the molecule is CN[C@H](CC(C)C)C(=O)N[C@H]1C(=O)NC(CC(N)=O)C(=O)N[C@H]2C(=S)N[C@H]3C(=O)N[C@H](C(=O)N[C@H](C(=O)O)C4=CC(O)CC(O)=C4C4CC3=CC=C4O)[C@H](O)C3=CC=C(Oc4cc2cc(c4O)OC2=C(Cl)C=C(CC2)[C@H]1O)C(Cl)C3. The zero-order valence-electron chi connectivity index (χ0n) is 43.1. The molecule has 0 saturated carbocycles. The Hall–Kier alpha value is -7.26. The molecule has 0 aromatic heterocycles. The van der Waals surface area contributed by atoms with Gasteiger partial charge in [-0.05, 0) is 103 Å². The van der Waals surface area contributed by atoms with Crippen LogP contribution in [0.5, 0.6) is 17.2 Å². The maximum absolute atomic E-state index is 15.1. The van der Waals surface area contributed by atoms with Crippen LogP contribution in [0.1, 0.15) is 70.4 Å².